The van der Waals surface area contributed by atoms with E-state index in [2.05, 4.69) is 12.2 Å². The standard InChI is InChI=1S/C16H18N2O3/c1-2-6-12-7-3-4-8-13(12)17-16(21)14-9-5-10-18(14)11-15(19)20/h3-5,7-10H,2,6,11H2,1H3,(H,17,21)(H,19,20). The average molecular weight is 286 g/mol. The summed E-state index contributed by atoms with van der Waals surface area (Å²) in [6.07, 6.45) is 3.45. The van der Waals surface area contributed by atoms with Crippen LogP contribution in [0.2, 0.25) is 0 Å². The zero-order chi connectivity index (χ0) is 15.2. The number of nitrogens with one attached hydrogen (secondary N) is 1. The van der Waals surface area contributed by atoms with E-state index in [4.69, 9.17) is 5.11 Å². The highest BCUT2D eigenvalue weighted by atomic mass is 16.4. The van der Waals surface area contributed by atoms with E-state index in [1.807, 2.05) is 24.3 Å². The second-order valence-electron chi connectivity index (χ2n) is 4.78. The van der Waals surface area contributed by atoms with Crippen LogP contribution >= 0.6 is 0 Å². The smallest absolute Gasteiger partial charge is 0.323 e. The maximum Gasteiger partial charge on any atom is 0.323 e. The molecule has 5 heteroatoms. The van der Waals surface area contributed by atoms with Crippen molar-refractivity contribution >= 4 is 17.6 Å². The zero-order valence-electron chi connectivity index (χ0n) is 11.9. The molecule has 0 spiro atoms. The third kappa shape index (κ3) is 3.72. The predicted molar refractivity (Wildman–Crippen MR) is 80.5 cm³/mol. The fraction of sp³-hybridized carbons (Fsp3) is 0.250. The lowest BCUT2D eigenvalue weighted by molar-refractivity contribution is -0.137. The molecule has 0 aliphatic rings. The van der Waals surface area contributed by atoms with E-state index < -0.39 is 5.97 Å². The fourth-order valence-electron chi connectivity index (χ4n) is 2.22. The average Bonchev–Trinajstić information content (AvgIpc) is 2.88. The summed E-state index contributed by atoms with van der Waals surface area (Å²) in [6.45, 7) is 1.85. The molecule has 0 bridgehead atoms. The van der Waals surface area contributed by atoms with Crippen LogP contribution in [-0.4, -0.2) is 21.6 Å². The topological polar surface area (TPSA) is 71.3 Å². The molecule has 2 aromatic rings. The Morgan fingerprint density at radius 2 is 1.95 bits per heavy atom. The summed E-state index contributed by atoms with van der Waals surface area (Å²) in [4.78, 5) is 23.1. The Morgan fingerprint density at radius 1 is 1.19 bits per heavy atom. The number of carboxylic acid groups (broad SMARTS) is 1. The fourth-order valence-corrected chi connectivity index (χ4v) is 2.22. The van der Waals surface area contributed by atoms with Gasteiger partial charge in [0.1, 0.15) is 12.2 Å². The van der Waals surface area contributed by atoms with Crippen molar-refractivity contribution in [2.24, 2.45) is 0 Å². The second kappa shape index (κ2) is 6.74. The summed E-state index contributed by atoms with van der Waals surface area (Å²) in [5, 5.41) is 11.7. The summed E-state index contributed by atoms with van der Waals surface area (Å²) in [5.41, 5.74) is 2.18. The van der Waals surface area contributed by atoms with Crippen LogP contribution in [0.5, 0.6) is 0 Å². The monoisotopic (exact) mass is 286 g/mol. The van der Waals surface area contributed by atoms with E-state index in [1.54, 1.807) is 18.3 Å². The van der Waals surface area contributed by atoms with E-state index in [1.165, 1.54) is 4.57 Å². The quantitative estimate of drug-likeness (QED) is 0.857. The molecule has 21 heavy (non-hydrogen) atoms. The molecule has 0 radical (unpaired) electrons. The van der Waals surface area contributed by atoms with Gasteiger partial charge in [0.25, 0.3) is 5.91 Å². The number of aryl methyl sites for hydroxylation is 1. The van der Waals surface area contributed by atoms with Crippen LogP contribution in [0.4, 0.5) is 5.69 Å². The van der Waals surface area contributed by atoms with Gasteiger partial charge in [-0.25, -0.2) is 0 Å². The Bertz CT molecular complexity index is 646. The first-order valence-corrected chi connectivity index (χ1v) is 6.88. The van der Waals surface area contributed by atoms with Gasteiger partial charge in [0.05, 0.1) is 0 Å². The van der Waals surface area contributed by atoms with Gasteiger partial charge in [0, 0.05) is 11.9 Å². The number of carbonyl (C=O) groups is 2. The van der Waals surface area contributed by atoms with Crippen LogP contribution in [0, 0.1) is 0 Å². The van der Waals surface area contributed by atoms with Gasteiger partial charge in [0.2, 0.25) is 0 Å². The molecule has 0 aliphatic heterocycles. The highest BCUT2D eigenvalue weighted by Crippen LogP contribution is 2.18. The summed E-state index contributed by atoms with van der Waals surface area (Å²) in [7, 11) is 0. The number of hydrogen-bond donors (Lipinski definition) is 2. The third-order valence-corrected chi connectivity index (χ3v) is 3.15. The first kappa shape index (κ1) is 14.8. The van der Waals surface area contributed by atoms with Crippen molar-refractivity contribution in [2.45, 2.75) is 26.3 Å². The van der Waals surface area contributed by atoms with Gasteiger partial charge in [-0.3, -0.25) is 9.59 Å². The lowest BCUT2D eigenvalue weighted by atomic mass is 10.1. The molecule has 0 atom stereocenters. The van der Waals surface area contributed by atoms with E-state index in [0.29, 0.717) is 5.69 Å². The minimum absolute atomic E-state index is 0.230. The lowest BCUT2D eigenvalue weighted by Crippen LogP contribution is -2.20. The Hall–Kier alpha value is -2.56. The first-order valence-electron chi connectivity index (χ1n) is 6.88. The van der Waals surface area contributed by atoms with Gasteiger partial charge in [-0.05, 0) is 30.2 Å². The molecule has 0 unspecified atom stereocenters. The highest BCUT2D eigenvalue weighted by molar-refractivity contribution is 6.03. The SMILES string of the molecule is CCCc1ccccc1NC(=O)c1cccn1CC(=O)O. The molecule has 0 aliphatic carbocycles. The highest BCUT2D eigenvalue weighted by Gasteiger charge is 2.14. The van der Waals surface area contributed by atoms with Crippen LogP contribution < -0.4 is 5.32 Å². The minimum atomic E-state index is -0.980. The first-order chi connectivity index (χ1) is 10.1. The van der Waals surface area contributed by atoms with Crippen molar-refractivity contribution in [3.05, 3.63) is 53.9 Å². The number of aromatic nitrogens is 1. The molecule has 5 nitrogen and oxygen atoms in total. The predicted octanol–water partition coefficient (Wildman–Crippen LogP) is 2.78. The second-order valence-corrected chi connectivity index (χ2v) is 4.78. The van der Waals surface area contributed by atoms with Crippen LogP contribution in [-0.2, 0) is 17.8 Å². The number of para-hydroxylation sites is 1. The number of hydrogen-bond acceptors (Lipinski definition) is 2. The molecule has 1 heterocycles. The number of benzene rings is 1. The molecule has 2 rings (SSSR count). The van der Waals surface area contributed by atoms with E-state index in [-0.39, 0.29) is 12.5 Å². The number of carboxylic acids is 1. The Balaban J connectivity index is 2.19. The molecular formula is C16H18N2O3. The van der Waals surface area contributed by atoms with E-state index >= 15 is 0 Å². The van der Waals surface area contributed by atoms with Gasteiger partial charge in [0.15, 0.2) is 0 Å². The number of rotatable bonds is 6. The molecular weight excluding hydrogens is 268 g/mol. The van der Waals surface area contributed by atoms with Crippen molar-refractivity contribution in [3.8, 4) is 0 Å². The molecule has 0 saturated heterocycles. The maximum atomic E-state index is 12.3. The molecule has 1 aromatic carbocycles. The molecule has 1 amide bonds. The Morgan fingerprint density at radius 3 is 2.67 bits per heavy atom. The Labute approximate surface area is 123 Å². The Kier molecular flexibility index (Phi) is 4.77. The van der Waals surface area contributed by atoms with Crippen molar-refractivity contribution in [3.63, 3.8) is 0 Å². The number of amides is 1. The third-order valence-electron chi connectivity index (χ3n) is 3.15. The minimum Gasteiger partial charge on any atom is -0.480 e. The number of nitrogens with zero attached hydrogens (tertiary/aromatic N) is 1. The van der Waals surface area contributed by atoms with Crippen molar-refractivity contribution in [2.75, 3.05) is 5.32 Å². The maximum absolute atomic E-state index is 12.3. The summed E-state index contributed by atoms with van der Waals surface area (Å²) < 4.78 is 1.42. The van der Waals surface area contributed by atoms with Crippen LogP contribution in [0.25, 0.3) is 0 Å². The molecule has 110 valence electrons. The number of carbonyl (C=O) groups excluding carboxylic acids is 1. The molecule has 0 fully saturated rings. The summed E-state index contributed by atoms with van der Waals surface area (Å²) in [6, 6.07) is 10.9. The lowest BCUT2D eigenvalue weighted by Gasteiger charge is -2.11. The van der Waals surface area contributed by atoms with E-state index in [0.717, 1.165) is 24.1 Å². The number of anilines is 1. The van der Waals surface area contributed by atoms with Gasteiger partial charge in [-0.1, -0.05) is 31.5 Å². The largest absolute Gasteiger partial charge is 0.480 e. The summed E-state index contributed by atoms with van der Waals surface area (Å²) >= 11 is 0. The van der Waals surface area contributed by atoms with Crippen LogP contribution in [0.1, 0.15) is 29.4 Å². The van der Waals surface area contributed by atoms with E-state index in [9.17, 15) is 9.59 Å². The summed E-state index contributed by atoms with van der Waals surface area (Å²) in [5.74, 6) is -1.28. The zero-order valence-corrected chi connectivity index (χ0v) is 11.9. The van der Waals surface area contributed by atoms with Crippen LogP contribution in [0.15, 0.2) is 42.6 Å². The van der Waals surface area contributed by atoms with Gasteiger partial charge >= 0.3 is 5.97 Å². The van der Waals surface area contributed by atoms with Gasteiger partial charge in [-0.2, -0.15) is 0 Å². The van der Waals surface area contributed by atoms with Crippen LogP contribution in [0.3, 0.4) is 0 Å². The molecule has 2 N–H and O–H groups in total. The van der Waals surface area contributed by atoms with Crippen molar-refractivity contribution in [1.29, 1.82) is 0 Å². The molecule has 1 aromatic heterocycles. The normalized spacial score (nSPS) is 10.3. The van der Waals surface area contributed by atoms with Crippen molar-refractivity contribution in [1.82, 2.24) is 4.57 Å². The van der Waals surface area contributed by atoms with Gasteiger partial charge in [-0.15, -0.1) is 0 Å². The van der Waals surface area contributed by atoms with Gasteiger partial charge < -0.3 is 15.0 Å². The van der Waals surface area contributed by atoms with Crippen molar-refractivity contribution < 1.29 is 14.7 Å². The number of aliphatic carboxylic acids is 1. The molecule has 0 saturated carbocycles.